The summed E-state index contributed by atoms with van der Waals surface area (Å²) in [5.74, 6) is 1.72. The summed E-state index contributed by atoms with van der Waals surface area (Å²) < 4.78 is 0. The lowest BCUT2D eigenvalue weighted by molar-refractivity contribution is -0.119. The molecule has 1 amide bonds. The summed E-state index contributed by atoms with van der Waals surface area (Å²) >= 11 is 0. The molecule has 16 heavy (non-hydrogen) atoms. The molecule has 1 aliphatic rings. The van der Waals surface area contributed by atoms with Gasteiger partial charge in [-0.25, -0.2) is 9.97 Å². The molecule has 0 bridgehead atoms. The molecule has 0 radical (unpaired) electrons. The fraction of sp³-hybridized carbons (Fsp3) is 0.583. The monoisotopic (exact) mass is 219 g/mol. The fourth-order valence-corrected chi connectivity index (χ4v) is 2.21. The van der Waals surface area contributed by atoms with Gasteiger partial charge in [-0.3, -0.25) is 9.69 Å². The first kappa shape index (κ1) is 11.0. The van der Waals surface area contributed by atoms with E-state index < -0.39 is 0 Å². The second kappa shape index (κ2) is 3.85. The summed E-state index contributed by atoms with van der Waals surface area (Å²) in [6.07, 6.45) is 1.34. The van der Waals surface area contributed by atoms with Crippen molar-refractivity contribution in [1.29, 1.82) is 0 Å². The summed E-state index contributed by atoms with van der Waals surface area (Å²) in [6, 6.07) is 0.153. The molecule has 0 spiro atoms. The molecule has 86 valence electrons. The normalized spacial score (nSPS) is 15.6. The molecule has 2 rings (SSSR count). The summed E-state index contributed by atoms with van der Waals surface area (Å²) in [4.78, 5) is 22.5. The number of fused-ring (bicyclic) bond motifs is 1. The molecule has 2 heterocycles. The molecule has 0 aliphatic carbocycles. The molecule has 0 saturated carbocycles. The number of carbonyl (C=O) groups excluding carboxylic acids is 1. The first-order valence-corrected chi connectivity index (χ1v) is 5.67. The van der Waals surface area contributed by atoms with Crippen molar-refractivity contribution in [3.63, 3.8) is 0 Å². The minimum Gasteiger partial charge on any atom is -0.294 e. The van der Waals surface area contributed by atoms with Crippen molar-refractivity contribution in [3.8, 4) is 0 Å². The van der Waals surface area contributed by atoms with Crippen LogP contribution in [0.2, 0.25) is 0 Å². The van der Waals surface area contributed by atoms with Crippen LogP contribution in [-0.4, -0.2) is 21.9 Å². The third-order valence-electron chi connectivity index (χ3n) is 2.91. The third-order valence-corrected chi connectivity index (χ3v) is 2.91. The number of anilines is 1. The molecule has 4 heteroatoms. The van der Waals surface area contributed by atoms with Crippen molar-refractivity contribution in [2.24, 2.45) is 0 Å². The van der Waals surface area contributed by atoms with E-state index >= 15 is 0 Å². The number of amides is 1. The van der Waals surface area contributed by atoms with Crippen LogP contribution in [0.4, 0.5) is 5.82 Å². The average molecular weight is 219 g/mol. The number of nitrogens with zero attached hydrogens (tertiary/aromatic N) is 3. The van der Waals surface area contributed by atoms with Gasteiger partial charge in [-0.2, -0.15) is 0 Å². The van der Waals surface area contributed by atoms with E-state index in [0.29, 0.717) is 6.42 Å². The van der Waals surface area contributed by atoms with Crippen LogP contribution in [0.15, 0.2) is 0 Å². The lowest BCUT2D eigenvalue weighted by Crippen LogP contribution is -2.41. The van der Waals surface area contributed by atoms with Gasteiger partial charge in [0, 0.05) is 23.7 Å². The summed E-state index contributed by atoms with van der Waals surface area (Å²) in [5.41, 5.74) is 2.12. The van der Waals surface area contributed by atoms with Gasteiger partial charge in [-0.15, -0.1) is 0 Å². The van der Waals surface area contributed by atoms with E-state index in [2.05, 4.69) is 9.97 Å². The highest BCUT2D eigenvalue weighted by Crippen LogP contribution is 2.29. The minimum atomic E-state index is 0.153. The second-order valence-corrected chi connectivity index (χ2v) is 4.52. The van der Waals surface area contributed by atoms with Gasteiger partial charge in [0.25, 0.3) is 0 Å². The maximum atomic E-state index is 11.9. The van der Waals surface area contributed by atoms with Crippen LogP contribution < -0.4 is 4.90 Å². The lowest BCUT2D eigenvalue weighted by atomic mass is 10.0. The third kappa shape index (κ3) is 1.68. The Labute approximate surface area is 95.7 Å². The van der Waals surface area contributed by atoms with E-state index in [-0.39, 0.29) is 11.9 Å². The van der Waals surface area contributed by atoms with Crippen molar-refractivity contribution in [2.75, 3.05) is 4.90 Å². The first-order chi connectivity index (χ1) is 7.50. The van der Waals surface area contributed by atoms with Crippen LogP contribution >= 0.6 is 0 Å². The number of carbonyl (C=O) groups is 1. The lowest BCUT2D eigenvalue weighted by Gasteiger charge is -2.32. The van der Waals surface area contributed by atoms with E-state index in [4.69, 9.17) is 0 Å². The van der Waals surface area contributed by atoms with Gasteiger partial charge >= 0.3 is 0 Å². The van der Waals surface area contributed by atoms with Crippen LogP contribution in [0.25, 0.3) is 0 Å². The van der Waals surface area contributed by atoms with Crippen LogP contribution in [0.3, 0.4) is 0 Å². The van der Waals surface area contributed by atoms with E-state index in [1.54, 1.807) is 4.90 Å². The Hall–Kier alpha value is -1.45. The van der Waals surface area contributed by atoms with Gasteiger partial charge in [0.2, 0.25) is 5.91 Å². The Morgan fingerprint density at radius 3 is 2.50 bits per heavy atom. The van der Waals surface area contributed by atoms with Crippen molar-refractivity contribution < 1.29 is 4.79 Å². The smallest absolute Gasteiger partial charge is 0.228 e. The number of rotatable bonds is 1. The van der Waals surface area contributed by atoms with Gasteiger partial charge in [-0.1, -0.05) is 0 Å². The van der Waals surface area contributed by atoms with Crippen LogP contribution in [-0.2, 0) is 11.2 Å². The van der Waals surface area contributed by atoms with Crippen LogP contribution in [0, 0.1) is 13.8 Å². The molecule has 0 unspecified atom stereocenters. The van der Waals surface area contributed by atoms with Gasteiger partial charge in [0.05, 0.1) is 0 Å². The van der Waals surface area contributed by atoms with E-state index in [1.807, 2.05) is 27.7 Å². The Morgan fingerprint density at radius 2 is 1.88 bits per heavy atom. The maximum Gasteiger partial charge on any atom is 0.228 e. The molecule has 1 aliphatic heterocycles. The van der Waals surface area contributed by atoms with Crippen LogP contribution in [0.1, 0.15) is 37.4 Å². The number of aryl methyl sites for hydroxylation is 2. The zero-order chi connectivity index (χ0) is 11.9. The highest BCUT2D eigenvalue weighted by molar-refractivity contribution is 5.95. The molecular formula is C12H17N3O. The molecule has 4 nitrogen and oxygen atoms in total. The Balaban J connectivity index is 2.58. The van der Waals surface area contributed by atoms with E-state index in [1.165, 1.54) is 0 Å². The van der Waals surface area contributed by atoms with Crippen molar-refractivity contribution >= 4 is 11.7 Å². The van der Waals surface area contributed by atoms with Crippen molar-refractivity contribution in [2.45, 2.75) is 46.6 Å². The standard InChI is InChI=1S/C12H17N3O/c1-7(2)15-11(16)6-5-10-8(3)13-9(4)14-12(10)15/h7H,5-6H2,1-4H3. The zero-order valence-electron chi connectivity index (χ0n) is 10.2. The molecule has 0 N–H and O–H groups in total. The topological polar surface area (TPSA) is 46.1 Å². The number of aromatic nitrogens is 2. The van der Waals surface area contributed by atoms with Gasteiger partial charge < -0.3 is 0 Å². The minimum absolute atomic E-state index is 0.153. The highest BCUT2D eigenvalue weighted by Gasteiger charge is 2.29. The number of hydrogen-bond acceptors (Lipinski definition) is 3. The molecular weight excluding hydrogens is 202 g/mol. The zero-order valence-corrected chi connectivity index (χ0v) is 10.2. The molecule has 1 aromatic rings. The van der Waals surface area contributed by atoms with E-state index in [0.717, 1.165) is 29.3 Å². The fourth-order valence-electron chi connectivity index (χ4n) is 2.21. The van der Waals surface area contributed by atoms with Crippen LogP contribution in [0.5, 0.6) is 0 Å². The largest absolute Gasteiger partial charge is 0.294 e. The summed E-state index contributed by atoms with van der Waals surface area (Å²) in [5, 5.41) is 0. The Bertz CT molecular complexity index is 440. The molecule has 0 aromatic carbocycles. The van der Waals surface area contributed by atoms with E-state index in [9.17, 15) is 4.79 Å². The first-order valence-electron chi connectivity index (χ1n) is 5.67. The average Bonchev–Trinajstić information content (AvgIpc) is 2.15. The molecule has 0 saturated heterocycles. The molecule has 1 aromatic heterocycles. The van der Waals surface area contributed by atoms with Gasteiger partial charge in [-0.05, 0) is 34.1 Å². The summed E-state index contributed by atoms with van der Waals surface area (Å²) in [7, 11) is 0. The second-order valence-electron chi connectivity index (χ2n) is 4.52. The predicted molar refractivity (Wildman–Crippen MR) is 62.4 cm³/mol. The number of hydrogen-bond donors (Lipinski definition) is 0. The summed E-state index contributed by atoms with van der Waals surface area (Å²) in [6.45, 7) is 7.88. The SMILES string of the molecule is Cc1nc(C)c2c(n1)N(C(C)C)C(=O)CC2. The van der Waals surface area contributed by atoms with Crippen molar-refractivity contribution in [3.05, 3.63) is 17.1 Å². The Kier molecular flexibility index (Phi) is 2.66. The van der Waals surface area contributed by atoms with Gasteiger partial charge in [0.15, 0.2) is 0 Å². The maximum absolute atomic E-state index is 11.9. The molecule has 0 fully saturated rings. The van der Waals surface area contributed by atoms with Crippen molar-refractivity contribution in [1.82, 2.24) is 9.97 Å². The molecule has 0 atom stereocenters. The van der Waals surface area contributed by atoms with Gasteiger partial charge in [0.1, 0.15) is 11.6 Å². The Morgan fingerprint density at radius 1 is 1.19 bits per heavy atom. The predicted octanol–water partition coefficient (Wildman–Crippen LogP) is 1.78. The highest BCUT2D eigenvalue weighted by atomic mass is 16.2. The quantitative estimate of drug-likeness (QED) is 0.723.